The maximum Gasteiger partial charge on any atom is 0.163 e. The summed E-state index contributed by atoms with van der Waals surface area (Å²) < 4.78 is 1.77. The second kappa shape index (κ2) is 4.39. The Morgan fingerprint density at radius 2 is 2.28 bits per heavy atom. The standard InChI is InChI=1S/C12H16ClN5/c1-8-3-4-18(10(8)5-13)12-9-6-16-17(2)11(9)14-7-15-12/h6-8,10H,3-5H2,1-2H3. The summed E-state index contributed by atoms with van der Waals surface area (Å²) in [4.78, 5) is 11.0. The molecule has 5 nitrogen and oxygen atoms in total. The number of fused-ring (bicyclic) bond motifs is 1. The zero-order valence-electron chi connectivity index (χ0n) is 10.5. The van der Waals surface area contributed by atoms with E-state index in [1.807, 2.05) is 13.2 Å². The average Bonchev–Trinajstić information content (AvgIpc) is 2.93. The molecule has 0 spiro atoms. The number of alkyl halides is 1. The highest BCUT2D eigenvalue weighted by molar-refractivity contribution is 6.18. The van der Waals surface area contributed by atoms with Gasteiger partial charge in [-0.3, -0.25) is 4.68 Å². The SMILES string of the molecule is CC1CCN(c2ncnc3c2cnn3C)C1CCl. The van der Waals surface area contributed by atoms with Gasteiger partial charge in [0.1, 0.15) is 12.1 Å². The third kappa shape index (κ3) is 1.65. The van der Waals surface area contributed by atoms with Gasteiger partial charge in [-0.25, -0.2) is 9.97 Å². The Morgan fingerprint density at radius 1 is 1.44 bits per heavy atom. The molecule has 96 valence electrons. The second-order valence-electron chi connectivity index (χ2n) is 4.88. The fraction of sp³-hybridized carbons (Fsp3) is 0.583. The van der Waals surface area contributed by atoms with Gasteiger partial charge in [0.15, 0.2) is 5.65 Å². The van der Waals surface area contributed by atoms with Crippen molar-refractivity contribution in [1.82, 2.24) is 19.7 Å². The molecule has 0 aromatic carbocycles. The van der Waals surface area contributed by atoms with E-state index in [2.05, 4.69) is 26.9 Å². The Kier molecular flexibility index (Phi) is 2.86. The van der Waals surface area contributed by atoms with Crippen molar-refractivity contribution in [2.75, 3.05) is 17.3 Å². The lowest BCUT2D eigenvalue weighted by Gasteiger charge is -2.26. The molecule has 0 bridgehead atoms. The summed E-state index contributed by atoms with van der Waals surface area (Å²) in [6.45, 7) is 3.24. The molecule has 0 amide bonds. The first-order chi connectivity index (χ1) is 8.72. The molecule has 0 aliphatic carbocycles. The van der Waals surface area contributed by atoms with Gasteiger partial charge in [-0.05, 0) is 12.3 Å². The Bertz CT molecular complexity index is 567. The van der Waals surface area contributed by atoms with E-state index in [9.17, 15) is 0 Å². The number of rotatable bonds is 2. The Balaban J connectivity index is 2.09. The zero-order chi connectivity index (χ0) is 12.7. The van der Waals surface area contributed by atoms with Crippen molar-refractivity contribution in [1.29, 1.82) is 0 Å². The van der Waals surface area contributed by atoms with E-state index in [4.69, 9.17) is 11.6 Å². The number of nitrogens with zero attached hydrogens (tertiary/aromatic N) is 5. The molecule has 2 unspecified atom stereocenters. The number of hydrogen-bond donors (Lipinski definition) is 0. The van der Waals surface area contributed by atoms with Crippen LogP contribution in [0.2, 0.25) is 0 Å². The molecule has 2 aromatic heterocycles. The summed E-state index contributed by atoms with van der Waals surface area (Å²) in [5.41, 5.74) is 0.868. The summed E-state index contributed by atoms with van der Waals surface area (Å²) in [6.07, 6.45) is 4.59. The maximum absolute atomic E-state index is 6.10. The van der Waals surface area contributed by atoms with Crippen LogP contribution in [-0.4, -0.2) is 38.2 Å². The predicted molar refractivity (Wildman–Crippen MR) is 71.9 cm³/mol. The molecule has 1 aliphatic heterocycles. The van der Waals surface area contributed by atoms with Crippen molar-refractivity contribution in [3.8, 4) is 0 Å². The van der Waals surface area contributed by atoms with E-state index in [1.54, 1.807) is 11.0 Å². The molecule has 0 N–H and O–H groups in total. The van der Waals surface area contributed by atoms with E-state index in [0.29, 0.717) is 17.8 Å². The summed E-state index contributed by atoms with van der Waals surface area (Å²) >= 11 is 6.10. The van der Waals surface area contributed by atoms with Crippen LogP contribution >= 0.6 is 11.6 Å². The quantitative estimate of drug-likeness (QED) is 0.777. The van der Waals surface area contributed by atoms with Crippen LogP contribution in [0.25, 0.3) is 11.0 Å². The van der Waals surface area contributed by atoms with Gasteiger partial charge in [0.2, 0.25) is 0 Å². The van der Waals surface area contributed by atoms with Gasteiger partial charge >= 0.3 is 0 Å². The van der Waals surface area contributed by atoms with E-state index in [0.717, 1.165) is 29.8 Å². The minimum atomic E-state index is 0.352. The normalized spacial score (nSPS) is 24.1. The summed E-state index contributed by atoms with van der Waals surface area (Å²) in [7, 11) is 1.89. The number of aromatic nitrogens is 4. The lowest BCUT2D eigenvalue weighted by Crippen LogP contribution is -2.34. The van der Waals surface area contributed by atoms with Crippen LogP contribution < -0.4 is 4.90 Å². The van der Waals surface area contributed by atoms with Crippen LogP contribution in [0.4, 0.5) is 5.82 Å². The monoisotopic (exact) mass is 265 g/mol. The Morgan fingerprint density at radius 3 is 3.06 bits per heavy atom. The molecule has 18 heavy (non-hydrogen) atoms. The minimum absolute atomic E-state index is 0.352. The molecule has 1 fully saturated rings. The first-order valence-corrected chi connectivity index (χ1v) is 6.71. The molecule has 2 atom stereocenters. The van der Waals surface area contributed by atoms with Gasteiger partial charge < -0.3 is 4.90 Å². The first-order valence-electron chi connectivity index (χ1n) is 6.17. The molecule has 3 rings (SSSR count). The highest BCUT2D eigenvalue weighted by Gasteiger charge is 2.32. The largest absolute Gasteiger partial charge is 0.351 e. The molecule has 0 saturated carbocycles. The predicted octanol–water partition coefficient (Wildman–Crippen LogP) is 1.82. The lowest BCUT2D eigenvalue weighted by molar-refractivity contribution is 0.549. The van der Waals surface area contributed by atoms with Crippen molar-refractivity contribution in [2.45, 2.75) is 19.4 Å². The van der Waals surface area contributed by atoms with E-state index in [1.165, 1.54) is 0 Å². The summed E-state index contributed by atoms with van der Waals surface area (Å²) in [6, 6.07) is 0.352. The molecule has 1 aliphatic rings. The number of halogens is 1. The van der Waals surface area contributed by atoms with E-state index in [-0.39, 0.29) is 0 Å². The highest BCUT2D eigenvalue weighted by Crippen LogP contribution is 2.32. The van der Waals surface area contributed by atoms with Gasteiger partial charge in [-0.1, -0.05) is 6.92 Å². The number of anilines is 1. The van der Waals surface area contributed by atoms with Crippen molar-refractivity contribution in [3.63, 3.8) is 0 Å². The molecule has 3 heterocycles. The highest BCUT2D eigenvalue weighted by atomic mass is 35.5. The average molecular weight is 266 g/mol. The molecule has 1 saturated heterocycles. The van der Waals surface area contributed by atoms with Crippen molar-refractivity contribution < 1.29 is 0 Å². The van der Waals surface area contributed by atoms with Gasteiger partial charge in [0.25, 0.3) is 0 Å². The Labute approximate surface area is 111 Å². The minimum Gasteiger partial charge on any atom is -0.351 e. The van der Waals surface area contributed by atoms with Gasteiger partial charge in [-0.2, -0.15) is 5.10 Å². The lowest BCUT2D eigenvalue weighted by atomic mass is 10.1. The molecular formula is C12H16ClN5. The van der Waals surface area contributed by atoms with Crippen molar-refractivity contribution >= 4 is 28.5 Å². The topological polar surface area (TPSA) is 46.8 Å². The van der Waals surface area contributed by atoms with Crippen LogP contribution in [-0.2, 0) is 7.05 Å². The Hall–Kier alpha value is -1.36. The molecule has 0 radical (unpaired) electrons. The zero-order valence-corrected chi connectivity index (χ0v) is 11.3. The van der Waals surface area contributed by atoms with Crippen molar-refractivity contribution in [2.24, 2.45) is 13.0 Å². The van der Waals surface area contributed by atoms with Crippen LogP contribution in [0.5, 0.6) is 0 Å². The van der Waals surface area contributed by atoms with Gasteiger partial charge in [0.05, 0.1) is 11.6 Å². The van der Waals surface area contributed by atoms with E-state index >= 15 is 0 Å². The van der Waals surface area contributed by atoms with Crippen LogP contribution in [0.15, 0.2) is 12.5 Å². The van der Waals surface area contributed by atoms with Crippen LogP contribution in [0, 0.1) is 5.92 Å². The van der Waals surface area contributed by atoms with E-state index < -0.39 is 0 Å². The molecular weight excluding hydrogens is 250 g/mol. The third-order valence-electron chi connectivity index (χ3n) is 3.82. The summed E-state index contributed by atoms with van der Waals surface area (Å²) in [5, 5.41) is 5.26. The van der Waals surface area contributed by atoms with Crippen LogP contribution in [0.1, 0.15) is 13.3 Å². The molecule has 2 aromatic rings. The van der Waals surface area contributed by atoms with Gasteiger partial charge in [0, 0.05) is 25.5 Å². The van der Waals surface area contributed by atoms with Crippen molar-refractivity contribution in [3.05, 3.63) is 12.5 Å². The summed E-state index contributed by atoms with van der Waals surface area (Å²) in [5.74, 6) is 2.19. The first kappa shape index (κ1) is 11.7. The number of hydrogen-bond acceptors (Lipinski definition) is 4. The second-order valence-corrected chi connectivity index (χ2v) is 5.19. The van der Waals surface area contributed by atoms with Crippen LogP contribution in [0.3, 0.4) is 0 Å². The fourth-order valence-corrected chi connectivity index (χ4v) is 3.16. The maximum atomic E-state index is 6.10. The smallest absolute Gasteiger partial charge is 0.163 e. The molecule has 6 heteroatoms. The third-order valence-corrected chi connectivity index (χ3v) is 4.14. The fourth-order valence-electron chi connectivity index (χ4n) is 2.69. The van der Waals surface area contributed by atoms with Gasteiger partial charge in [-0.15, -0.1) is 11.6 Å². The number of aryl methyl sites for hydroxylation is 1.